The van der Waals surface area contributed by atoms with Gasteiger partial charge in [-0.2, -0.15) is 13.2 Å². The van der Waals surface area contributed by atoms with Crippen LogP contribution in [-0.2, 0) is 6.18 Å². The third-order valence-corrected chi connectivity index (χ3v) is 2.84. The van der Waals surface area contributed by atoms with Gasteiger partial charge in [0, 0.05) is 16.6 Å². The smallest absolute Gasteiger partial charge is 0.399 e. The van der Waals surface area contributed by atoms with Crippen LogP contribution in [-0.4, -0.2) is 4.98 Å². The van der Waals surface area contributed by atoms with Crippen molar-refractivity contribution in [3.05, 3.63) is 34.7 Å². The molecule has 0 fully saturated rings. The van der Waals surface area contributed by atoms with E-state index >= 15 is 0 Å². The van der Waals surface area contributed by atoms with E-state index in [2.05, 4.69) is 4.98 Å². The first-order chi connectivity index (χ1) is 7.47. The molecule has 0 bridgehead atoms. The summed E-state index contributed by atoms with van der Waals surface area (Å²) in [7, 11) is 0. The number of thiazole rings is 1. The van der Waals surface area contributed by atoms with E-state index in [9.17, 15) is 13.2 Å². The van der Waals surface area contributed by atoms with Crippen molar-refractivity contribution in [1.82, 2.24) is 4.98 Å². The van der Waals surface area contributed by atoms with Gasteiger partial charge in [0.15, 0.2) is 5.01 Å². The summed E-state index contributed by atoms with van der Waals surface area (Å²) in [5, 5.41) is 0.549. The molecule has 0 radical (unpaired) electrons. The lowest BCUT2D eigenvalue weighted by Crippen LogP contribution is -2.03. The van der Waals surface area contributed by atoms with Crippen molar-refractivity contribution in [1.29, 1.82) is 0 Å². The van der Waals surface area contributed by atoms with Gasteiger partial charge in [-0.15, -0.1) is 11.3 Å². The van der Waals surface area contributed by atoms with Crippen LogP contribution in [0.1, 0.15) is 5.01 Å². The highest BCUT2D eigenvalue weighted by Crippen LogP contribution is 2.34. The van der Waals surface area contributed by atoms with Gasteiger partial charge in [0.05, 0.1) is 5.69 Å². The normalized spacial score (nSPS) is 11.7. The monoisotopic (exact) mass is 244 g/mol. The Bertz CT molecular complexity index is 488. The Labute approximate surface area is 93.5 Å². The number of aromatic nitrogens is 1. The van der Waals surface area contributed by atoms with Crippen LogP contribution in [0.3, 0.4) is 0 Å². The van der Waals surface area contributed by atoms with Crippen LogP contribution in [0, 0.1) is 0 Å². The van der Waals surface area contributed by atoms with Crippen molar-refractivity contribution in [2.75, 3.05) is 5.73 Å². The molecule has 1 heterocycles. The largest absolute Gasteiger partial charge is 0.443 e. The van der Waals surface area contributed by atoms with Gasteiger partial charge in [-0.25, -0.2) is 4.98 Å². The fourth-order valence-electron chi connectivity index (χ4n) is 1.19. The first kappa shape index (κ1) is 10.9. The maximum absolute atomic E-state index is 12.3. The number of hydrogen-bond acceptors (Lipinski definition) is 3. The molecule has 0 atom stereocenters. The van der Waals surface area contributed by atoms with Crippen molar-refractivity contribution in [3.63, 3.8) is 0 Å². The van der Waals surface area contributed by atoms with E-state index in [1.807, 2.05) is 0 Å². The fraction of sp³-hybridized carbons (Fsp3) is 0.100. The van der Waals surface area contributed by atoms with Crippen molar-refractivity contribution in [3.8, 4) is 11.3 Å². The molecule has 2 N–H and O–H groups in total. The molecule has 0 spiro atoms. The quantitative estimate of drug-likeness (QED) is 0.781. The van der Waals surface area contributed by atoms with Crippen LogP contribution in [0.2, 0.25) is 0 Å². The second kappa shape index (κ2) is 3.79. The molecule has 16 heavy (non-hydrogen) atoms. The van der Waals surface area contributed by atoms with E-state index in [1.54, 1.807) is 24.3 Å². The fourth-order valence-corrected chi connectivity index (χ4v) is 1.89. The Hall–Kier alpha value is -1.56. The molecule has 0 unspecified atom stereocenters. The summed E-state index contributed by atoms with van der Waals surface area (Å²) in [5.41, 5.74) is 6.99. The van der Waals surface area contributed by atoms with Gasteiger partial charge in [-0.05, 0) is 12.1 Å². The Morgan fingerprint density at radius 1 is 1.12 bits per heavy atom. The number of rotatable bonds is 1. The first-order valence-corrected chi connectivity index (χ1v) is 5.23. The minimum Gasteiger partial charge on any atom is -0.399 e. The van der Waals surface area contributed by atoms with Gasteiger partial charge in [-0.1, -0.05) is 12.1 Å². The third-order valence-electron chi connectivity index (χ3n) is 1.95. The molecule has 84 valence electrons. The number of anilines is 1. The highest BCUT2D eigenvalue weighted by Gasteiger charge is 2.34. The van der Waals surface area contributed by atoms with Crippen LogP contribution < -0.4 is 5.73 Å². The lowest BCUT2D eigenvalue weighted by Gasteiger charge is -2.00. The molecule has 0 saturated heterocycles. The number of hydrogen-bond donors (Lipinski definition) is 1. The predicted octanol–water partition coefficient (Wildman–Crippen LogP) is 3.41. The minimum absolute atomic E-state index is 0.317. The van der Waals surface area contributed by atoms with E-state index in [0.29, 0.717) is 28.3 Å². The van der Waals surface area contributed by atoms with E-state index < -0.39 is 11.2 Å². The maximum atomic E-state index is 12.3. The Morgan fingerprint density at radius 2 is 1.75 bits per heavy atom. The Balaban J connectivity index is 2.35. The summed E-state index contributed by atoms with van der Waals surface area (Å²) >= 11 is 0.588. The maximum Gasteiger partial charge on any atom is 0.443 e. The third kappa shape index (κ3) is 2.16. The SMILES string of the molecule is Nc1ccc(-c2csc(C(F)(F)F)n2)cc1. The van der Waals surface area contributed by atoms with Crippen LogP contribution in [0.15, 0.2) is 29.6 Å². The first-order valence-electron chi connectivity index (χ1n) is 4.35. The number of benzene rings is 1. The number of halogens is 3. The predicted molar refractivity (Wildman–Crippen MR) is 57.0 cm³/mol. The highest BCUT2D eigenvalue weighted by atomic mass is 32.1. The molecule has 0 aliphatic heterocycles. The lowest BCUT2D eigenvalue weighted by atomic mass is 10.1. The number of nitrogen functional groups attached to an aromatic ring is 1. The standard InChI is InChI=1S/C10H7F3N2S/c11-10(12,13)9-15-8(5-16-9)6-1-3-7(14)4-2-6/h1-5H,14H2. The second-order valence-electron chi connectivity index (χ2n) is 3.16. The number of nitrogens with zero attached hydrogens (tertiary/aromatic N) is 1. The van der Waals surface area contributed by atoms with Crippen LogP contribution >= 0.6 is 11.3 Å². The number of nitrogens with two attached hydrogens (primary N) is 1. The van der Waals surface area contributed by atoms with Gasteiger partial charge < -0.3 is 5.73 Å². The van der Waals surface area contributed by atoms with Gasteiger partial charge in [0.25, 0.3) is 0 Å². The van der Waals surface area contributed by atoms with Crippen LogP contribution in [0.25, 0.3) is 11.3 Å². The molecule has 0 saturated carbocycles. The molecule has 0 amide bonds. The molecular weight excluding hydrogens is 237 g/mol. The van der Waals surface area contributed by atoms with Crippen molar-refractivity contribution in [2.24, 2.45) is 0 Å². The van der Waals surface area contributed by atoms with Gasteiger partial charge >= 0.3 is 6.18 Å². The van der Waals surface area contributed by atoms with E-state index in [1.165, 1.54) is 5.38 Å². The number of alkyl halides is 3. The zero-order valence-corrected chi connectivity index (χ0v) is 8.77. The molecule has 2 nitrogen and oxygen atoms in total. The molecule has 1 aromatic heterocycles. The average Bonchev–Trinajstić information content (AvgIpc) is 2.67. The minimum atomic E-state index is -4.38. The topological polar surface area (TPSA) is 38.9 Å². The molecular formula is C10H7F3N2S. The van der Waals surface area contributed by atoms with E-state index in [-0.39, 0.29) is 0 Å². The van der Waals surface area contributed by atoms with Crippen LogP contribution in [0.4, 0.5) is 18.9 Å². The molecule has 6 heteroatoms. The summed E-state index contributed by atoms with van der Waals surface area (Å²) in [6, 6.07) is 6.54. The van der Waals surface area contributed by atoms with Crippen LogP contribution in [0.5, 0.6) is 0 Å². The van der Waals surface area contributed by atoms with Gasteiger partial charge in [0.2, 0.25) is 0 Å². The molecule has 1 aromatic carbocycles. The van der Waals surface area contributed by atoms with Crippen molar-refractivity contribution >= 4 is 17.0 Å². The Morgan fingerprint density at radius 3 is 2.25 bits per heavy atom. The summed E-state index contributed by atoms with van der Waals surface area (Å²) in [6.45, 7) is 0. The van der Waals surface area contributed by atoms with Crippen molar-refractivity contribution in [2.45, 2.75) is 6.18 Å². The van der Waals surface area contributed by atoms with Gasteiger partial charge in [-0.3, -0.25) is 0 Å². The highest BCUT2D eigenvalue weighted by molar-refractivity contribution is 7.10. The Kier molecular flexibility index (Phi) is 2.59. The second-order valence-corrected chi connectivity index (χ2v) is 4.02. The summed E-state index contributed by atoms with van der Waals surface area (Å²) in [5.74, 6) is 0. The summed E-state index contributed by atoms with van der Waals surface area (Å²) in [6.07, 6.45) is -4.38. The molecule has 2 rings (SSSR count). The lowest BCUT2D eigenvalue weighted by molar-refractivity contribution is -0.137. The molecule has 2 aromatic rings. The van der Waals surface area contributed by atoms with E-state index in [0.717, 1.165) is 0 Å². The van der Waals surface area contributed by atoms with E-state index in [4.69, 9.17) is 5.73 Å². The average molecular weight is 244 g/mol. The summed E-state index contributed by atoms with van der Waals surface area (Å²) in [4.78, 5) is 3.53. The molecule has 0 aliphatic rings. The zero-order chi connectivity index (χ0) is 11.8. The molecule has 0 aliphatic carbocycles. The zero-order valence-electron chi connectivity index (χ0n) is 7.95. The summed E-state index contributed by atoms with van der Waals surface area (Å²) < 4.78 is 36.9. The van der Waals surface area contributed by atoms with Gasteiger partial charge in [0.1, 0.15) is 0 Å². The van der Waals surface area contributed by atoms with Crippen molar-refractivity contribution < 1.29 is 13.2 Å².